The lowest BCUT2D eigenvalue weighted by Crippen LogP contribution is -2.42. The Kier molecular flexibility index (Phi) is 2.04. The van der Waals surface area contributed by atoms with Gasteiger partial charge in [-0.05, 0) is 12.8 Å². The molecule has 1 saturated carbocycles. The van der Waals surface area contributed by atoms with Gasteiger partial charge in [-0.3, -0.25) is 4.79 Å². The first-order valence-electron chi connectivity index (χ1n) is 4.14. The van der Waals surface area contributed by atoms with Crippen LogP contribution < -0.4 is 0 Å². The second kappa shape index (κ2) is 2.58. The summed E-state index contributed by atoms with van der Waals surface area (Å²) in [5.74, 6) is 0.133. The van der Waals surface area contributed by atoms with E-state index in [1.54, 1.807) is 13.8 Å². The highest BCUT2D eigenvalue weighted by Gasteiger charge is 2.42. The fourth-order valence-electron chi connectivity index (χ4n) is 1.68. The molecule has 0 amide bonds. The van der Waals surface area contributed by atoms with E-state index in [9.17, 15) is 9.18 Å². The molecule has 1 aliphatic carbocycles. The van der Waals surface area contributed by atoms with Crippen molar-refractivity contribution in [2.45, 2.75) is 39.8 Å². The molecular weight excluding hydrogens is 143 g/mol. The van der Waals surface area contributed by atoms with E-state index < -0.39 is 11.6 Å². The van der Waals surface area contributed by atoms with Crippen LogP contribution in [0.1, 0.15) is 33.6 Å². The van der Waals surface area contributed by atoms with Gasteiger partial charge in [0.2, 0.25) is 0 Å². The van der Waals surface area contributed by atoms with Crippen molar-refractivity contribution in [3.05, 3.63) is 0 Å². The van der Waals surface area contributed by atoms with E-state index in [4.69, 9.17) is 0 Å². The molecule has 1 rings (SSSR count). The van der Waals surface area contributed by atoms with Gasteiger partial charge in [0, 0.05) is 5.92 Å². The summed E-state index contributed by atoms with van der Waals surface area (Å²) in [5.41, 5.74) is -0.738. The third-order valence-corrected chi connectivity index (χ3v) is 2.72. The van der Waals surface area contributed by atoms with Crippen LogP contribution in [0.25, 0.3) is 0 Å². The standard InChI is InChI=1S/C9H15FO/c1-6-4-5-7(10)9(2,3)8(6)11/h6-7H,4-5H2,1-3H3. The van der Waals surface area contributed by atoms with Crippen LogP contribution in [-0.2, 0) is 4.79 Å². The smallest absolute Gasteiger partial charge is 0.144 e. The zero-order chi connectivity index (χ0) is 8.65. The predicted octanol–water partition coefficient (Wildman–Crippen LogP) is 2.35. The molecule has 2 unspecified atom stereocenters. The van der Waals surface area contributed by atoms with E-state index in [0.29, 0.717) is 12.8 Å². The van der Waals surface area contributed by atoms with E-state index in [1.165, 1.54) is 0 Å². The minimum Gasteiger partial charge on any atom is -0.299 e. The molecule has 0 aromatic heterocycles. The maximum atomic E-state index is 13.2. The second-order valence-electron chi connectivity index (χ2n) is 4.03. The van der Waals surface area contributed by atoms with Crippen LogP contribution in [0.5, 0.6) is 0 Å². The summed E-state index contributed by atoms with van der Waals surface area (Å²) in [6, 6.07) is 0. The molecular formula is C9H15FO. The summed E-state index contributed by atoms with van der Waals surface area (Å²) in [6.45, 7) is 5.29. The Morgan fingerprint density at radius 1 is 1.45 bits per heavy atom. The average Bonchev–Trinajstić information content (AvgIpc) is 1.95. The molecule has 0 aromatic rings. The second-order valence-corrected chi connectivity index (χ2v) is 4.03. The SMILES string of the molecule is CC1CCC(F)C(C)(C)C1=O. The molecule has 0 spiro atoms. The summed E-state index contributed by atoms with van der Waals surface area (Å²) in [7, 11) is 0. The van der Waals surface area contributed by atoms with E-state index in [-0.39, 0.29) is 11.7 Å². The minimum atomic E-state index is -0.939. The largest absolute Gasteiger partial charge is 0.299 e. The lowest BCUT2D eigenvalue weighted by atomic mass is 9.70. The molecule has 2 atom stereocenters. The lowest BCUT2D eigenvalue weighted by molar-refractivity contribution is -0.138. The van der Waals surface area contributed by atoms with E-state index >= 15 is 0 Å². The summed E-state index contributed by atoms with van der Waals surface area (Å²) >= 11 is 0. The molecule has 0 aliphatic heterocycles. The van der Waals surface area contributed by atoms with Crippen LogP contribution in [0.15, 0.2) is 0 Å². The molecule has 0 N–H and O–H groups in total. The fraction of sp³-hybridized carbons (Fsp3) is 0.889. The predicted molar refractivity (Wildman–Crippen MR) is 42.1 cm³/mol. The molecule has 0 bridgehead atoms. The quantitative estimate of drug-likeness (QED) is 0.529. The number of Topliss-reactive ketones (excluding diaryl/α,β-unsaturated/α-hetero) is 1. The summed E-state index contributed by atoms with van der Waals surface area (Å²) < 4.78 is 13.2. The van der Waals surface area contributed by atoms with Crippen LogP contribution in [0.2, 0.25) is 0 Å². The molecule has 11 heavy (non-hydrogen) atoms. The Labute approximate surface area is 67.0 Å². The Morgan fingerprint density at radius 3 is 2.45 bits per heavy atom. The summed E-state index contributed by atoms with van der Waals surface area (Å²) in [4.78, 5) is 11.4. The Balaban J connectivity index is 2.81. The van der Waals surface area contributed by atoms with Gasteiger partial charge >= 0.3 is 0 Å². The maximum absolute atomic E-state index is 13.2. The van der Waals surface area contributed by atoms with E-state index in [0.717, 1.165) is 0 Å². The van der Waals surface area contributed by atoms with Crippen LogP contribution in [0, 0.1) is 11.3 Å². The zero-order valence-electron chi connectivity index (χ0n) is 7.36. The van der Waals surface area contributed by atoms with Crippen LogP contribution in [0.3, 0.4) is 0 Å². The monoisotopic (exact) mass is 158 g/mol. The van der Waals surface area contributed by atoms with Crippen molar-refractivity contribution in [1.29, 1.82) is 0 Å². The molecule has 64 valence electrons. The number of carbonyl (C=O) groups is 1. The number of hydrogen-bond acceptors (Lipinski definition) is 1. The van der Waals surface area contributed by atoms with Gasteiger partial charge < -0.3 is 0 Å². The first kappa shape index (κ1) is 8.69. The topological polar surface area (TPSA) is 17.1 Å². The third kappa shape index (κ3) is 1.31. The highest BCUT2D eigenvalue weighted by molar-refractivity contribution is 5.87. The van der Waals surface area contributed by atoms with Gasteiger partial charge in [0.05, 0.1) is 5.41 Å². The van der Waals surface area contributed by atoms with E-state index in [1.807, 2.05) is 6.92 Å². The van der Waals surface area contributed by atoms with Crippen molar-refractivity contribution in [3.63, 3.8) is 0 Å². The van der Waals surface area contributed by atoms with Gasteiger partial charge in [-0.15, -0.1) is 0 Å². The van der Waals surface area contributed by atoms with Crippen molar-refractivity contribution >= 4 is 5.78 Å². The number of alkyl halides is 1. The lowest BCUT2D eigenvalue weighted by Gasteiger charge is -2.35. The van der Waals surface area contributed by atoms with Crippen molar-refractivity contribution in [1.82, 2.24) is 0 Å². The molecule has 0 saturated heterocycles. The Bertz CT molecular complexity index is 174. The Hall–Kier alpha value is -0.400. The van der Waals surface area contributed by atoms with Gasteiger partial charge in [-0.1, -0.05) is 20.8 Å². The van der Waals surface area contributed by atoms with Crippen molar-refractivity contribution < 1.29 is 9.18 Å². The van der Waals surface area contributed by atoms with Gasteiger partial charge in [-0.2, -0.15) is 0 Å². The number of carbonyl (C=O) groups excluding carboxylic acids is 1. The number of ketones is 1. The highest BCUT2D eigenvalue weighted by atomic mass is 19.1. The number of hydrogen-bond donors (Lipinski definition) is 0. The number of halogens is 1. The van der Waals surface area contributed by atoms with Crippen LogP contribution in [0.4, 0.5) is 4.39 Å². The van der Waals surface area contributed by atoms with Gasteiger partial charge in [0.25, 0.3) is 0 Å². The summed E-state index contributed by atoms with van der Waals surface area (Å²) in [5, 5.41) is 0. The van der Waals surface area contributed by atoms with Crippen LogP contribution in [-0.4, -0.2) is 12.0 Å². The van der Waals surface area contributed by atoms with Gasteiger partial charge in [0.15, 0.2) is 0 Å². The minimum absolute atomic E-state index is 0.0528. The third-order valence-electron chi connectivity index (χ3n) is 2.72. The van der Waals surface area contributed by atoms with Crippen molar-refractivity contribution in [3.8, 4) is 0 Å². The maximum Gasteiger partial charge on any atom is 0.144 e. The number of rotatable bonds is 0. The van der Waals surface area contributed by atoms with Gasteiger partial charge in [-0.25, -0.2) is 4.39 Å². The molecule has 1 aliphatic rings. The van der Waals surface area contributed by atoms with Crippen molar-refractivity contribution in [2.75, 3.05) is 0 Å². The summed E-state index contributed by atoms with van der Waals surface area (Å²) in [6.07, 6.45) is 0.315. The molecule has 1 nitrogen and oxygen atoms in total. The Morgan fingerprint density at radius 2 is 2.00 bits per heavy atom. The fourth-order valence-corrected chi connectivity index (χ4v) is 1.68. The molecule has 1 fully saturated rings. The highest BCUT2D eigenvalue weighted by Crippen LogP contribution is 2.37. The molecule has 0 radical (unpaired) electrons. The van der Waals surface area contributed by atoms with Gasteiger partial charge in [0.1, 0.15) is 12.0 Å². The first-order chi connectivity index (χ1) is 4.96. The van der Waals surface area contributed by atoms with Crippen molar-refractivity contribution in [2.24, 2.45) is 11.3 Å². The normalized spacial score (nSPS) is 37.3. The van der Waals surface area contributed by atoms with E-state index in [2.05, 4.69) is 0 Å². The molecule has 0 heterocycles. The zero-order valence-corrected chi connectivity index (χ0v) is 7.36. The van der Waals surface area contributed by atoms with Crippen LogP contribution >= 0.6 is 0 Å². The molecule has 2 heteroatoms. The average molecular weight is 158 g/mol. The molecule has 0 aromatic carbocycles. The first-order valence-corrected chi connectivity index (χ1v) is 4.14.